The van der Waals surface area contributed by atoms with Crippen LogP contribution in [0.2, 0.25) is 0 Å². The van der Waals surface area contributed by atoms with Crippen molar-refractivity contribution in [1.29, 1.82) is 0 Å². The molecule has 14 N–H and O–H groups in total. The fraction of sp³-hybridized carbons (Fsp3) is 0.800. The summed E-state index contributed by atoms with van der Waals surface area (Å²) in [6.07, 6.45) is -9.34. The van der Waals surface area contributed by atoms with E-state index in [1.54, 1.807) is 5.48 Å². The first-order chi connectivity index (χ1) is 17.1. The van der Waals surface area contributed by atoms with Crippen LogP contribution in [0.1, 0.15) is 18.6 Å². The third-order valence-electron chi connectivity index (χ3n) is 6.34. The summed E-state index contributed by atoms with van der Waals surface area (Å²) in [6.45, 7) is -1.41. The number of nitrogens with two attached hydrogens (primary N) is 2. The number of aromatic hydroxyl groups is 1. The molecule has 1 saturated heterocycles. The summed E-state index contributed by atoms with van der Waals surface area (Å²) >= 11 is 0. The fourth-order valence-electron chi connectivity index (χ4n) is 4.34. The summed E-state index contributed by atoms with van der Waals surface area (Å²) in [5.41, 5.74) is 13.2. The van der Waals surface area contributed by atoms with Crippen molar-refractivity contribution in [2.75, 3.05) is 25.2 Å². The second-order valence-electron chi connectivity index (χ2n) is 8.86. The predicted octanol–water partition coefficient (Wildman–Crippen LogP) is -4.39. The maximum atomic E-state index is 11.1. The highest BCUT2D eigenvalue weighted by Crippen LogP contribution is 2.42. The van der Waals surface area contributed by atoms with E-state index in [9.17, 15) is 35.8 Å². The zero-order chi connectivity index (χ0) is 26.6. The Bertz CT molecular complexity index is 831. The minimum Gasteiger partial charge on any atom is -0.503 e. The van der Waals surface area contributed by atoms with E-state index >= 15 is 0 Å². The van der Waals surface area contributed by atoms with Crippen molar-refractivity contribution >= 4 is 5.69 Å². The molecule has 36 heavy (non-hydrogen) atoms. The fourth-order valence-corrected chi connectivity index (χ4v) is 4.34. The second-order valence-corrected chi connectivity index (χ2v) is 8.86. The van der Waals surface area contributed by atoms with E-state index in [2.05, 4.69) is 5.32 Å². The summed E-state index contributed by atoms with van der Waals surface area (Å²) in [7, 11) is 0. The zero-order valence-corrected chi connectivity index (χ0v) is 19.4. The minimum atomic E-state index is -1.37. The van der Waals surface area contributed by atoms with Gasteiger partial charge in [0.2, 0.25) is 0 Å². The second kappa shape index (κ2) is 12.6. The smallest absolute Gasteiger partial charge is 0.315 e. The van der Waals surface area contributed by atoms with Crippen molar-refractivity contribution < 1.29 is 59.6 Å². The predicted molar refractivity (Wildman–Crippen MR) is 119 cm³/mol. The molecule has 1 saturated carbocycles. The average Bonchev–Trinajstić information content (AvgIpc) is 3.17. The third kappa shape index (κ3) is 6.18. The molecule has 0 radical (unpaired) electrons. The molecule has 10 unspecified atom stereocenters. The Morgan fingerprint density at radius 1 is 1.11 bits per heavy atom. The topological polar surface area (TPSA) is 279 Å². The first-order valence-electron chi connectivity index (χ1n) is 11.5. The summed E-state index contributed by atoms with van der Waals surface area (Å²) < 4.78 is 22.6. The lowest BCUT2D eigenvalue weighted by molar-refractivity contribution is -0.279. The summed E-state index contributed by atoms with van der Waals surface area (Å²) in [5.74, 6) is -1.44. The van der Waals surface area contributed by atoms with Crippen LogP contribution in [-0.2, 0) is 16.1 Å². The first-order valence-corrected chi connectivity index (χ1v) is 11.5. The lowest BCUT2D eigenvalue weighted by atomic mass is 9.83. The molecule has 16 heteroatoms. The number of anilines is 1. The largest absolute Gasteiger partial charge is 0.503 e. The SMILES string of the molecule is NCC1OC(OC2C(N)CC(NCC(O)CO)C(O)C2Oc2oc(CO)c(O)c2NO)CC(O)C1O. The monoisotopic (exact) mass is 524 g/mol. The van der Waals surface area contributed by atoms with Gasteiger partial charge in [0.1, 0.15) is 31.0 Å². The molecule has 16 nitrogen and oxygen atoms in total. The van der Waals surface area contributed by atoms with Crippen molar-refractivity contribution in [3.8, 4) is 11.7 Å². The van der Waals surface area contributed by atoms with Crippen LogP contribution in [0.4, 0.5) is 5.69 Å². The van der Waals surface area contributed by atoms with Crippen LogP contribution in [0, 0.1) is 0 Å². The molecule has 208 valence electrons. The van der Waals surface area contributed by atoms with Gasteiger partial charge in [0.15, 0.2) is 29.6 Å². The molecule has 1 aromatic rings. The molecule has 1 aliphatic carbocycles. The van der Waals surface area contributed by atoms with E-state index in [1.807, 2.05) is 0 Å². The number of rotatable bonds is 11. The normalized spacial score (nSPS) is 36.0. The molecule has 3 rings (SSSR count). The van der Waals surface area contributed by atoms with Crippen LogP contribution >= 0.6 is 0 Å². The van der Waals surface area contributed by atoms with E-state index in [-0.39, 0.29) is 31.7 Å². The number of ether oxygens (including phenoxy) is 3. The molecule has 10 atom stereocenters. The highest BCUT2D eigenvalue weighted by Gasteiger charge is 2.48. The molecule has 2 heterocycles. The van der Waals surface area contributed by atoms with Crippen LogP contribution < -0.4 is 27.0 Å². The summed E-state index contributed by atoms with van der Waals surface area (Å²) in [6, 6.07) is -1.58. The van der Waals surface area contributed by atoms with Gasteiger partial charge in [0.05, 0.1) is 18.8 Å². The molecule has 2 aliphatic rings. The number of aliphatic hydroxyl groups excluding tert-OH is 6. The van der Waals surface area contributed by atoms with E-state index < -0.39 is 91.7 Å². The molecule has 0 aromatic carbocycles. The minimum absolute atomic E-state index is 0.0726. The van der Waals surface area contributed by atoms with Crippen molar-refractivity contribution in [2.24, 2.45) is 11.5 Å². The van der Waals surface area contributed by atoms with E-state index in [4.69, 9.17) is 35.2 Å². The van der Waals surface area contributed by atoms with Crippen LogP contribution in [0.25, 0.3) is 0 Å². The highest BCUT2D eigenvalue weighted by molar-refractivity contribution is 5.63. The summed E-state index contributed by atoms with van der Waals surface area (Å²) in [5, 5.41) is 81.9. The first kappa shape index (κ1) is 28.8. The van der Waals surface area contributed by atoms with Gasteiger partial charge in [-0.05, 0) is 6.42 Å². The lowest BCUT2D eigenvalue weighted by Gasteiger charge is -2.45. The third-order valence-corrected chi connectivity index (χ3v) is 6.34. The Kier molecular flexibility index (Phi) is 10.1. The van der Waals surface area contributed by atoms with E-state index in [1.165, 1.54) is 0 Å². The van der Waals surface area contributed by atoms with E-state index in [0.717, 1.165) is 0 Å². The Labute approximate surface area is 205 Å². The molecule has 0 amide bonds. The van der Waals surface area contributed by atoms with Gasteiger partial charge in [-0.3, -0.25) is 10.7 Å². The quantitative estimate of drug-likeness (QED) is 0.122. The number of nitrogens with one attached hydrogen (secondary N) is 2. The van der Waals surface area contributed by atoms with Crippen molar-refractivity contribution in [3.05, 3.63) is 5.76 Å². The van der Waals surface area contributed by atoms with Crippen molar-refractivity contribution in [1.82, 2.24) is 5.32 Å². The van der Waals surface area contributed by atoms with Gasteiger partial charge < -0.3 is 71.2 Å². The molecular formula is C20H36N4O12. The van der Waals surface area contributed by atoms with Crippen molar-refractivity contribution in [2.45, 2.75) is 80.5 Å². The standard InChI is InChI=1S/C20H36N4O12/c21-3-11-16(30)10(28)2-13(33-11)35-18-8(22)1-9(23-4-7(27)5-25)15(29)19(18)36-20-14(24-32)17(31)12(6-26)34-20/h7-11,13,15-16,18-19,23-32H,1-6,21-22H2. The lowest BCUT2D eigenvalue weighted by Crippen LogP contribution is -2.66. The van der Waals surface area contributed by atoms with Crippen LogP contribution in [0.5, 0.6) is 11.7 Å². The Morgan fingerprint density at radius 2 is 1.83 bits per heavy atom. The van der Waals surface area contributed by atoms with Gasteiger partial charge in [-0.25, -0.2) is 0 Å². The van der Waals surface area contributed by atoms with Crippen LogP contribution in [0.3, 0.4) is 0 Å². The maximum absolute atomic E-state index is 11.1. The van der Waals surface area contributed by atoms with Gasteiger partial charge in [-0.1, -0.05) is 0 Å². The van der Waals surface area contributed by atoms with Gasteiger partial charge in [0, 0.05) is 31.6 Å². The number of hydrogen-bond acceptors (Lipinski definition) is 16. The molecule has 1 aliphatic heterocycles. The zero-order valence-electron chi connectivity index (χ0n) is 19.4. The Balaban J connectivity index is 1.87. The number of hydrogen-bond donors (Lipinski definition) is 12. The van der Waals surface area contributed by atoms with Gasteiger partial charge >= 0.3 is 5.95 Å². The van der Waals surface area contributed by atoms with Gasteiger partial charge in [-0.15, -0.1) is 0 Å². The number of aliphatic hydroxyl groups is 6. The maximum Gasteiger partial charge on any atom is 0.315 e. The Hall–Kier alpha value is -1.80. The van der Waals surface area contributed by atoms with Gasteiger partial charge in [0.25, 0.3) is 0 Å². The van der Waals surface area contributed by atoms with Crippen LogP contribution in [-0.4, -0.2) is 122 Å². The summed E-state index contributed by atoms with van der Waals surface area (Å²) in [4.78, 5) is 0. The number of furan rings is 1. The molecule has 0 spiro atoms. The highest BCUT2D eigenvalue weighted by atomic mass is 16.7. The molecule has 0 bridgehead atoms. The van der Waals surface area contributed by atoms with Crippen LogP contribution in [0.15, 0.2) is 4.42 Å². The molecular weight excluding hydrogens is 488 g/mol. The molecule has 1 aromatic heterocycles. The van der Waals surface area contributed by atoms with Crippen molar-refractivity contribution in [3.63, 3.8) is 0 Å². The Morgan fingerprint density at radius 3 is 2.44 bits per heavy atom. The molecule has 2 fully saturated rings. The average molecular weight is 525 g/mol. The van der Waals surface area contributed by atoms with E-state index in [0.29, 0.717) is 0 Å². The van der Waals surface area contributed by atoms with Gasteiger partial charge in [-0.2, -0.15) is 0 Å².